The Balaban J connectivity index is 1.14. The van der Waals surface area contributed by atoms with Crippen molar-refractivity contribution in [2.45, 2.75) is 37.7 Å². The molecule has 2 atom stereocenters. The first-order valence-corrected chi connectivity index (χ1v) is 17.9. The number of nitrogens with two attached hydrogens (primary N) is 1. The van der Waals surface area contributed by atoms with Gasteiger partial charge in [0.05, 0.1) is 18.0 Å². The van der Waals surface area contributed by atoms with Crippen LogP contribution >= 0.6 is 23.1 Å². The molecule has 2 saturated heterocycles. The number of likely N-dealkylation sites (tertiary alicyclic amines) is 1. The number of amides is 2. The number of anilines is 1. The molecule has 2 amide bonds. The maximum atomic E-state index is 13.3. The van der Waals surface area contributed by atoms with Crippen LogP contribution in [0.1, 0.15) is 36.6 Å². The highest BCUT2D eigenvalue weighted by atomic mass is 32.2. The lowest BCUT2D eigenvalue weighted by Gasteiger charge is -2.49. The van der Waals surface area contributed by atoms with Gasteiger partial charge in [0, 0.05) is 42.5 Å². The monoisotopic (exact) mass is 715 g/mol. The van der Waals surface area contributed by atoms with Crippen molar-refractivity contribution in [1.82, 2.24) is 25.0 Å². The maximum Gasteiger partial charge on any atom is 0.352 e. The topological polar surface area (TPSA) is 190 Å². The summed E-state index contributed by atoms with van der Waals surface area (Å²) in [5.74, 6) is -1.61. The number of aliphatic imine (C=N–C) groups is 1. The van der Waals surface area contributed by atoms with Crippen molar-refractivity contribution in [3.8, 4) is 0 Å². The second kappa shape index (κ2) is 15.1. The van der Waals surface area contributed by atoms with Crippen molar-refractivity contribution >= 4 is 63.3 Å². The average Bonchev–Trinajstić information content (AvgIpc) is 3.89. The number of carboxylic acids is 1. The van der Waals surface area contributed by atoms with Crippen LogP contribution < -0.4 is 11.1 Å². The Morgan fingerprint density at radius 1 is 1.24 bits per heavy atom. The number of hydrogen-bond donors (Lipinski definition) is 4. The lowest BCUT2D eigenvalue weighted by Crippen LogP contribution is -2.71. The molecule has 14 nitrogen and oxygen atoms in total. The number of aliphatic carboxylic acids is 1. The summed E-state index contributed by atoms with van der Waals surface area (Å²) in [6.07, 6.45) is 11.9. The number of carbonyl (C=O) groups excluding carboxylic acids is 2. The van der Waals surface area contributed by atoms with Crippen LogP contribution in [0.25, 0.3) is 0 Å². The second-order valence-electron chi connectivity index (χ2n) is 11.8. The van der Waals surface area contributed by atoms with E-state index in [4.69, 9.17) is 21.0 Å². The van der Waals surface area contributed by atoms with Gasteiger partial charge in [-0.05, 0) is 43.1 Å². The summed E-state index contributed by atoms with van der Waals surface area (Å²) in [6.45, 7) is 4.43. The minimum atomic E-state index is -1.24. The summed E-state index contributed by atoms with van der Waals surface area (Å²) >= 11 is 2.48. The first kappa shape index (κ1) is 34.6. The van der Waals surface area contributed by atoms with Gasteiger partial charge in [0.1, 0.15) is 35.8 Å². The Morgan fingerprint density at radius 2 is 2.00 bits per heavy atom. The largest absolute Gasteiger partial charge is 0.477 e. The lowest BCUT2D eigenvalue weighted by molar-refractivity contribution is -0.150. The van der Waals surface area contributed by atoms with Gasteiger partial charge in [-0.1, -0.05) is 41.6 Å². The third-order valence-corrected chi connectivity index (χ3v) is 10.6. The first-order chi connectivity index (χ1) is 24.2. The molecule has 0 bridgehead atoms. The molecule has 6 rings (SSSR count). The number of carbonyl (C=O) groups is 3. The quantitative estimate of drug-likeness (QED) is 0.116. The van der Waals surface area contributed by atoms with E-state index in [0.717, 1.165) is 54.1 Å². The number of β-lactam (4-membered cyclic amide) rings is 1. The van der Waals surface area contributed by atoms with Gasteiger partial charge >= 0.3 is 5.97 Å². The van der Waals surface area contributed by atoms with Crippen LogP contribution in [-0.4, -0.2) is 104 Å². The molecule has 4 aliphatic rings. The molecule has 2 aromatic rings. The lowest BCUT2D eigenvalue weighted by atomic mass is 10.0. The van der Waals surface area contributed by atoms with Crippen molar-refractivity contribution in [3.05, 3.63) is 93.9 Å². The molecule has 50 heavy (non-hydrogen) atoms. The third-order valence-electron chi connectivity index (χ3n) is 8.57. The Hall–Kier alpha value is -5.22. The molecule has 5 heterocycles. The van der Waals surface area contributed by atoms with Crippen molar-refractivity contribution < 1.29 is 24.3 Å². The highest BCUT2D eigenvalue weighted by Gasteiger charge is 2.54. The summed E-state index contributed by atoms with van der Waals surface area (Å²) < 4.78 is 0. The summed E-state index contributed by atoms with van der Waals surface area (Å²) in [7, 11) is 1.28. The van der Waals surface area contributed by atoms with Crippen LogP contribution in [0.3, 0.4) is 0 Å². The van der Waals surface area contributed by atoms with Crippen LogP contribution in [0.4, 0.5) is 5.13 Å². The average molecular weight is 716 g/mol. The number of carboxylic acid groups (broad SMARTS) is 1. The van der Waals surface area contributed by atoms with Crippen LogP contribution in [0.5, 0.6) is 0 Å². The molecule has 0 radical (unpaired) electrons. The number of amidine groups is 1. The summed E-state index contributed by atoms with van der Waals surface area (Å²) in [5.41, 5.74) is 9.65. The van der Waals surface area contributed by atoms with E-state index < -0.39 is 29.2 Å². The summed E-state index contributed by atoms with van der Waals surface area (Å²) in [6, 6.07) is 7.09. The van der Waals surface area contributed by atoms with Crippen molar-refractivity contribution in [2.24, 2.45) is 10.1 Å². The number of benzene rings is 1. The van der Waals surface area contributed by atoms with E-state index in [1.807, 2.05) is 61.7 Å². The molecule has 0 aliphatic carbocycles. The summed E-state index contributed by atoms with van der Waals surface area (Å²) in [5, 5.41) is 26.3. The smallest absolute Gasteiger partial charge is 0.352 e. The molecule has 16 heteroatoms. The zero-order valence-corrected chi connectivity index (χ0v) is 29.2. The molecule has 4 aliphatic heterocycles. The molecule has 1 aromatic heterocycles. The maximum absolute atomic E-state index is 13.3. The normalized spacial score (nSPS) is 22.2. The van der Waals surface area contributed by atoms with Gasteiger partial charge in [-0.2, -0.15) is 0 Å². The van der Waals surface area contributed by atoms with Crippen molar-refractivity contribution in [2.75, 3.05) is 38.2 Å². The number of nitrogens with zero attached hydrogens (tertiary/aromatic N) is 6. The Labute approximate surface area is 297 Å². The predicted octanol–water partition coefficient (Wildman–Crippen LogP) is 3.17. The third kappa shape index (κ3) is 7.07. The van der Waals surface area contributed by atoms with Gasteiger partial charge in [0.25, 0.3) is 11.8 Å². The molecule has 0 saturated carbocycles. The van der Waals surface area contributed by atoms with Crippen LogP contribution in [-0.2, 0) is 25.8 Å². The first-order valence-electron chi connectivity index (χ1n) is 16.0. The van der Waals surface area contributed by atoms with Crippen LogP contribution in [0, 0.1) is 5.41 Å². The molecule has 0 unspecified atom stereocenters. The van der Waals surface area contributed by atoms with Gasteiger partial charge in [-0.3, -0.25) is 24.9 Å². The van der Waals surface area contributed by atoms with Gasteiger partial charge in [0.15, 0.2) is 10.8 Å². The SMILES string of the molecule is C/C=C\C=C1C(=NCC2=C(C(=O)O)N3C(=O)[C@@H](NC(=O)/C(=N\OC)c4csc(N)n4)[C@H]3SC2)C=CN1Cc1ccc(C(=N)N2CCCC2)cc1. The molecule has 1 aromatic carbocycles. The van der Waals surface area contributed by atoms with E-state index >= 15 is 0 Å². The second-order valence-corrected chi connectivity index (χ2v) is 13.8. The number of oxime groups is 1. The number of nitrogen functional groups attached to an aromatic ring is 1. The number of rotatable bonds is 11. The number of hydrogen-bond acceptors (Lipinski definition) is 12. The Bertz CT molecular complexity index is 1870. The highest BCUT2D eigenvalue weighted by Crippen LogP contribution is 2.40. The fourth-order valence-electron chi connectivity index (χ4n) is 6.09. The van der Waals surface area contributed by atoms with Gasteiger partial charge in [-0.15, -0.1) is 23.1 Å². The van der Waals surface area contributed by atoms with E-state index in [1.165, 1.54) is 23.8 Å². The Kier molecular flexibility index (Phi) is 10.5. The fourth-order valence-corrected chi connectivity index (χ4v) is 7.97. The zero-order chi connectivity index (χ0) is 35.4. The molecular formula is C34H37N9O5S2. The van der Waals surface area contributed by atoms with E-state index in [9.17, 15) is 19.5 Å². The predicted molar refractivity (Wildman–Crippen MR) is 194 cm³/mol. The standard InChI is InChI=1S/C34H37N9O5S2/c1-3-4-7-25-23(12-15-42(25)17-20-8-10-21(11-9-20)29(35)41-13-5-6-14-41)37-16-22-18-49-32-27(31(45)43(32)28(22)33(46)47)39-30(44)26(40-48-2)24-19-50-34(36)38-24/h3-4,7-12,15,19,27,32,35H,5-6,13-14,16-18H2,1-2H3,(H2,36,38)(H,39,44)(H,46,47)/b4-3-,25-7?,35-29?,37-23?,40-26-/t27-,32-/m1/s1. The number of nitrogens with one attached hydrogen (secondary N) is 2. The highest BCUT2D eigenvalue weighted by molar-refractivity contribution is 8.00. The van der Waals surface area contributed by atoms with Crippen LogP contribution in [0.15, 0.2) is 87.3 Å². The number of aromatic nitrogens is 1. The molecular weight excluding hydrogens is 679 g/mol. The minimum Gasteiger partial charge on any atom is -0.477 e. The van der Waals surface area contributed by atoms with Gasteiger partial charge in [0.2, 0.25) is 0 Å². The van der Waals surface area contributed by atoms with Crippen LogP contribution in [0.2, 0.25) is 0 Å². The zero-order valence-electron chi connectivity index (χ0n) is 27.5. The molecule has 260 valence electrons. The van der Waals surface area contributed by atoms with E-state index in [2.05, 4.69) is 25.3 Å². The number of thioether (sulfide) groups is 1. The minimum absolute atomic E-state index is 0.0754. The Morgan fingerprint density at radius 3 is 2.66 bits per heavy atom. The van der Waals surface area contributed by atoms with E-state index in [-0.39, 0.29) is 28.8 Å². The summed E-state index contributed by atoms with van der Waals surface area (Å²) in [4.78, 5) is 58.0. The molecule has 2 fully saturated rings. The van der Waals surface area contributed by atoms with Crippen molar-refractivity contribution in [1.29, 1.82) is 5.41 Å². The fraction of sp³-hybridized carbons (Fsp3) is 0.324. The van der Waals surface area contributed by atoms with Crippen molar-refractivity contribution in [3.63, 3.8) is 0 Å². The number of thiazole rings is 1. The van der Waals surface area contributed by atoms with Gasteiger partial charge in [-0.25, -0.2) is 9.78 Å². The van der Waals surface area contributed by atoms with E-state index in [0.29, 0.717) is 29.4 Å². The van der Waals surface area contributed by atoms with Gasteiger partial charge < -0.3 is 30.8 Å². The number of fused-ring (bicyclic) bond motifs is 1. The molecule has 5 N–H and O–H groups in total. The number of allylic oxidation sites excluding steroid dienone is 4. The molecule has 0 spiro atoms. The van der Waals surface area contributed by atoms with E-state index in [1.54, 1.807) is 5.38 Å².